The number of hydrogen-bond acceptors (Lipinski definition) is 1. The van der Waals surface area contributed by atoms with Gasteiger partial charge in [0.1, 0.15) is 0 Å². The zero-order valence-corrected chi connectivity index (χ0v) is 15.8. The van der Waals surface area contributed by atoms with Gasteiger partial charge in [-0.05, 0) is 0 Å². The van der Waals surface area contributed by atoms with Gasteiger partial charge in [0.15, 0.2) is 0 Å². The van der Waals surface area contributed by atoms with E-state index in [4.69, 9.17) is 0 Å². The molecule has 0 aromatic carbocycles. The summed E-state index contributed by atoms with van der Waals surface area (Å²) >= 11 is -2.03. The summed E-state index contributed by atoms with van der Waals surface area (Å²) in [4.78, 5) is 0. The third-order valence-electron chi connectivity index (χ3n) is 4.03. The molecule has 0 saturated carbocycles. The van der Waals surface area contributed by atoms with Crippen molar-refractivity contribution in [3.8, 4) is 0 Å². The minimum absolute atomic E-state index is 0.211. The Kier molecular flexibility index (Phi) is 11.6. The van der Waals surface area contributed by atoms with Gasteiger partial charge in [-0.1, -0.05) is 0 Å². The van der Waals surface area contributed by atoms with E-state index in [0.29, 0.717) is 0 Å². The number of aliphatic hydroxyl groups is 1. The van der Waals surface area contributed by atoms with Crippen molar-refractivity contribution < 1.29 is 5.11 Å². The molecule has 0 aliphatic carbocycles. The van der Waals surface area contributed by atoms with Crippen molar-refractivity contribution in [2.75, 3.05) is 6.61 Å². The first-order valence-corrected chi connectivity index (χ1v) is 16.0. The molecular weight excluding hydrogens is 327 g/mol. The molecule has 0 saturated heterocycles. The molecule has 0 bridgehead atoms. The SMILES string of the molecule is C=C(CO)[CH2][Sn]([CH2]CCC)([CH2]CCC)[CH2]CCC. The van der Waals surface area contributed by atoms with Crippen molar-refractivity contribution in [3.05, 3.63) is 12.2 Å². The van der Waals surface area contributed by atoms with Gasteiger partial charge < -0.3 is 0 Å². The Balaban J connectivity index is 4.66. The third-order valence-corrected chi connectivity index (χ3v) is 19.7. The van der Waals surface area contributed by atoms with Crippen LogP contribution in [0.3, 0.4) is 0 Å². The summed E-state index contributed by atoms with van der Waals surface area (Å²) in [5, 5.41) is 9.31. The predicted octanol–water partition coefficient (Wildman–Crippen LogP) is 5.38. The number of unbranched alkanes of at least 4 members (excludes halogenated alkanes) is 3. The Hall–Kier alpha value is 0.499. The molecule has 0 spiro atoms. The van der Waals surface area contributed by atoms with Crippen molar-refractivity contribution in [2.45, 2.75) is 77.0 Å². The Morgan fingerprint density at radius 2 is 1.28 bits per heavy atom. The zero-order valence-electron chi connectivity index (χ0n) is 12.9. The fraction of sp³-hybridized carbons (Fsp3) is 0.875. The first kappa shape index (κ1) is 18.5. The quantitative estimate of drug-likeness (QED) is 0.365. The average molecular weight is 361 g/mol. The molecule has 0 rings (SSSR count). The number of rotatable bonds is 12. The van der Waals surface area contributed by atoms with E-state index in [0.717, 1.165) is 5.57 Å². The van der Waals surface area contributed by atoms with E-state index in [9.17, 15) is 5.11 Å². The number of hydrogen-bond donors (Lipinski definition) is 1. The summed E-state index contributed by atoms with van der Waals surface area (Å²) in [6.07, 6.45) is 8.18. The Labute approximate surface area is 119 Å². The second-order valence-electron chi connectivity index (χ2n) is 5.90. The average Bonchev–Trinajstić information content (AvgIpc) is 2.40. The van der Waals surface area contributed by atoms with Crippen molar-refractivity contribution in [1.82, 2.24) is 0 Å². The van der Waals surface area contributed by atoms with Gasteiger partial charge in [0.05, 0.1) is 0 Å². The monoisotopic (exact) mass is 362 g/mol. The van der Waals surface area contributed by atoms with Crippen LogP contribution in [-0.4, -0.2) is 30.1 Å². The summed E-state index contributed by atoms with van der Waals surface area (Å²) in [5.74, 6) is 0. The van der Waals surface area contributed by atoms with Crippen LogP contribution in [0.25, 0.3) is 0 Å². The summed E-state index contributed by atoms with van der Waals surface area (Å²) in [6, 6.07) is 0. The van der Waals surface area contributed by atoms with Crippen molar-refractivity contribution in [3.63, 3.8) is 0 Å². The normalized spacial score (nSPS) is 11.8. The molecule has 18 heavy (non-hydrogen) atoms. The molecule has 0 radical (unpaired) electrons. The molecule has 0 aliphatic heterocycles. The van der Waals surface area contributed by atoms with Gasteiger partial charge >= 0.3 is 119 Å². The van der Waals surface area contributed by atoms with Crippen LogP contribution in [-0.2, 0) is 0 Å². The summed E-state index contributed by atoms with van der Waals surface area (Å²) in [5.41, 5.74) is 1.12. The van der Waals surface area contributed by atoms with Crippen LogP contribution in [0.15, 0.2) is 12.2 Å². The molecule has 0 heterocycles. The first-order chi connectivity index (χ1) is 8.64. The molecule has 0 aliphatic rings. The maximum absolute atomic E-state index is 9.31. The van der Waals surface area contributed by atoms with E-state index in [2.05, 4.69) is 27.4 Å². The molecule has 0 aromatic rings. The van der Waals surface area contributed by atoms with Crippen molar-refractivity contribution in [2.24, 2.45) is 0 Å². The van der Waals surface area contributed by atoms with Gasteiger partial charge in [0.25, 0.3) is 0 Å². The Morgan fingerprint density at radius 1 is 0.889 bits per heavy atom. The second-order valence-corrected chi connectivity index (χ2v) is 19.7. The molecule has 1 nitrogen and oxygen atoms in total. The second kappa shape index (κ2) is 11.3. The summed E-state index contributed by atoms with van der Waals surface area (Å²) in [7, 11) is 0. The molecule has 1 N–H and O–H groups in total. The maximum atomic E-state index is 9.31. The van der Waals surface area contributed by atoms with Crippen LogP contribution in [0.4, 0.5) is 0 Å². The molecule has 0 amide bonds. The zero-order chi connectivity index (χ0) is 13.9. The summed E-state index contributed by atoms with van der Waals surface area (Å²) in [6.45, 7) is 11.2. The van der Waals surface area contributed by atoms with Gasteiger partial charge in [-0.3, -0.25) is 0 Å². The molecule has 2 heteroatoms. The van der Waals surface area contributed by atoms with E-state index in [1.165, 1.54) is 56.3 Å². The van der Waals surface area contributed by atoms with Crippen LogP contribution < -0.4 is 0 Å². The van der Waals surface area contributed by atoms with Crippen LogP contribution in [0.2, 0.25) is 17.7 Å². The Bertz CT molecular complexity index is 191. The van der Waals surface area contributed by atoms with Crippen LogP contribution >= 0.6 is 0 Å². The van der Waals surface area contributed by atoms with E-state index < -0.39 is 18.4 Å². The Morgan fingerprint density at radius 3 is 1.56 bits per heavy atom. The molecule has 0 aromatic heterocycles. The molecule has 0 unspecified atom stereocenters. The molecule has 0 fully saturated rings. The van der Waals surface area contributed by atoms with Gasteiger partial charge in [-0.15, -0.1) is 0 Å². The summed E-state index contributed by atoms with van der Waals surface area (Å²) < 4.78 is 5.80. The fourth-order valence-corrected chi connectivity index (χ4v) is 19.3. The van der Waals surface area contributed by atoms with E-state index in [-0.39, 0.29) is 6.61 Å². The van der Waals surface area contributed by atoms with E-state index >= 15 is 0 Å². The van der Waals surface area contributed by atoms with Gasteiger partial charge in [-0.2, -0.15) is 0 Å². The van der Waals surface area contributed by atoms with E-state index in [1.54, 1.807) is 0 Å². The van der Waals surface area contributed by atoms with Gasteiger partial charge in [0, 0.05) is 0 Å². The van der Waals surface area contributed by atoms with E-state index in [1.807, 2.05) is 0 Å². The van der Waals surface area contributed by atoms with Crippen LogP contribution in [0, 0.1) is 0 Å². The number of aliphatic hydroxyl groups excluding tert-OH is 1. The van der Waals surface area contributed by atoms with Crippen molar-refractivity contribution in [1.29, 1.82) is 0 Å². The fourth-order valence-electron chi connectivity index (χ4n) is 2.88. The van der Waals surface area contributed by atoms with Crippen molar-refractivity contribution >= 4 is 18.4 Å². The topological polar surface area (TPSA) is 20.2 Å². The molecular formula is C16H34OSn. The van der Waals surface area contributed by atoms with Gasteiger partial charge in [0.2, 0.25) is 0 Å². The molecule has 108 valence electrons. The third kappa shape index (κ3) is 7.83. The standard InChI is InChI=1S/C4H7O.3C4H9.Sn/c1-4(2)3-5;3*1-3-4-2;/h5H,1-3H2;3*1,3-4H2,2H3;. The molecule has 0 atom stereocenters. The van der Waals surface area contributed by atoms with Crippen LogP contribution in [0.1, 0.15) is 59.3 Å². The van der Waals surface area contributed by atoms with Crippen LogP contribution in [0.5, 0.6) is 0 Å². The predicted molar refractivity (Wildman–Crippen MR) is 85.9 cm³/mol. The van der Waals surface area contributed by atoms with Gasteiger partial charge in [-0.25, -0.2) is 0 Å². The first-order valence-electron chi connectivity index (χ1n) is 7.91. The minimum atomic E-state index is -2.03.